The third-order valence-corrected chi connectivity index (χ3v) is 3.99. The second-order valence-corrected chi connectivity index (χ2v) is 6.23. The predicted molar refractivity (Wildman–Crippen MR) is 102 cm³/mol. The van der Waals surface area contributed by atoms with Crippen LogP contribution in [0, 0.1) is 5.82 Å². The molecule has 1 amide bonds. The van der Waals surface area contributed by atoms with Gasteiger partial charge in [-0.25, -0.2) is 9.37 Å². The van der Waals surface area contributed by atoms with Gasteiger partial charge in [0.15, 0.2) is 0 Å². The van der Waals surface area contributed by atoms with Crippen LogP contribution in [0.4, 0.5) is 21.6 Å². The number of aromatic nitrogens is 1. The van der Waals surface area contributed by atoms with Gasteiger partial charge in [-0.2, -0.15) is 0 Å². The van der Waals surface area contributed by atoms with Crippen LogP contribution >= 0.6 is 0 Å². The van der Waals surface area contributed by atoms with Crippen molar-refractivity contribution in [3.05, 3.63) is 83.8 Å². The van der Waals surface area contributed by atoms with Crippen molar-refractivity contribution in [2.45, 2.75) is 19.8 Å². The standard InChI is InChI=1S/C21H20FN3O/c1-14(2)16-7-4-6-10-19(16)25-20-12-11-15(13-23-20)24-21(26)17-8-3-5-9-18(17)22/h3-14H,1-2H3,(H,23,25)(H,24,26). The molecule has 4 nitrogen and oxygen atoms in total. The highest BCUT2D eigenvalue weighted by atomic mass is 19.1. The number of nitrogens with zero attached hydrogens (tertiary/aromatic N) is 1. The summed E-state index contributed by atoms with van der Waals surface area (Å²) in [6, 6.07) is 17.4. The molecule has 132 valence electrons. The lowest BCUT2D eigenvalue weighted by Gasteiger charge is -2.14. The Morgan fingerprint density at radius 3 is 2.42 bits per heavy atom. The molecule has 0 radical (unpaired) electrons. The maximum atomic E-state index is 13.7. The molecule has 0 fully saturated rings. The topological polar surface area (TPSA) is 54.0 Å². The zero-order chi connectivity index (χ0) is 18.5. The maximum Gasteiger partial charge on any atom is 0.258 e. The number of hydrogen-bond acceptors (Lipinski definition) is 3. The Hall–Kier alpha value is -3.21. The second-order valence-electron chi connectivity index (χ2n) is 6.23. The highest BCUT2D eigenvalue weighted by molar-refractivity contribution is 6.04. The first-order valence-electron chi connectivity index (χ1n) is 8.42. The van der Waals surface area contributed by atoms with Crippen LogP contribution in [0.2, 0.25) is 0 Å². The van der Waals surface area contributed by atoms with Crippen molar-refractivity contribution in [2.75, 3.05) is 10.6 Å². The average molecular weight is 349 g/mol. The number of halogens is 1. The Labute approximate surface area is 152 Å². The van der Waals surface area contributed by atoms with E-state index >= 15 is 0 Å². The minimum absolute atomic E-state index is 0.000521. The molecule has 3 aromatic rings. The largest absolute Gasteiger partial charge is 0.340 e. The van der Waals surface area contributed by atoms with Gasteiger partial charge in [-0.3, -0.25) is 4.79 Å². The summed E-state index contributed by atoms with van der Waals surface area (Å²) in [7, 11) is 0. The molecule has 2 N–H and O–H groups in total. The quantitative estimate of drug-likeness (QED) is 0.654. The number of benzene rings is 2. The van der Waals surface area contributed by atoms with Gasteiger partial charge < -0.3 is 10.6 Å². The van der Waals surface area contributed by atoms with Gasteiger partial charge in [-0.1, -0.05) is 44.2 Å². The third kappa shape index (κ3) is 4.06. The lowest BCUT2D eigenvalue weighted by Crippen LogP contribution is -2.13. The SMILES string of the molecule is CC(C)c1ccccc1Nc1ccc(NC(=O)c2ccccc2F)cn1. The molecular formula is C21H20FN3O. The van der Waals surface area contributed by atoms with E-state index in [0.717, 1.165) is 5.69 Å². The first-order valence-corrected chi connectivity index (χ1v) is 8.42. The van der Waals surface area contributed by atoms with Crippen LogP contribution in [0.5, 0.6) is 0 Å². The van der Waals surface area contributed by atoms with E-state index < -0.39 is 11.7 Å². The number of carbonyl (C=O) groups excluding carboxylic acids is 1. The summed E-state index contributed by atoms with van der Waals surface area (Å²) in [6.45, 7) is 4.27. The van der Waals surface area contributed by atoms with Gasteiger partial charge in [0.05, 0.1) is 17.4 Å². The van der Waals surface area contributed by atoms with Crippen LogP contribution in [0.1, 0.15) is 35.7 Å². The van der Waals surface area contributed by atoms with Crippen molar-refractivity contribution in [3.8, 4) is 0 Å². The molecule has 1 heterocycles. The van der Waals surface area contributed by atoms with Crippen LogP contribution in [-0.2, 0) is 0 Å². The fourth-order valence-corrected chi connectivity index (χ4v) is 2.64. The Balaban J connectivity index is 1.71. The molecule has 26 heavy (non-hydrogen) atoms. The van der Waals surface area contributed by atoms with Crippen LogP contribution in [-0.4, -0.2) is 10.9 Å². The van der Waals surface area contributed by atoms with Crippen LogP contribution in [0.3, 0.4) is 0 Å². The van der Waals surface area contributed by atoms with E-state index in [9.17, 15) is 9.18 Å². The summed E-state index contributed by atoms with van der Waals surface area (Å²) in [5, 5.41) is 5.94. The molecule has 3 rings (SSSR count). The van der Waals surface area contributed by atoms with Gasteiger partial charge in [-0.15, -0.1) is 0 Å². The van der Waals surface area contributed by atoms with E-state index in [2.05, 4.69) is 35.5 Å². The molecular weight excluding hydrogens is 329 g/mol. The van der Waals surface area contributed by atoms with Crippen LogP contribution in [0.25, 0.3) is 0 Å². The highest BCUT2D eigenvalue weighted by Crippen LogP contribution is 2.26. The van der Waals surface area contributed by atoms with Gasteiger partial charge >= 0.3 is 0 Å². The van der Waals surface area contributed by atoms with Crippen molar-refractivity contribution in [3.63, 3.8) is 0 Å². The van der Waals surface area contributed by atoms with Crippen molar-refractivity contribution < 1.29 is 9.18 Å². The Morgan fingerprint density at radius 1 is 1.00 bits per heavy atom. The number of para-hydroxylation sites is 1. The number of amides is 1. The summed E-state index contributed by atoms with van der Waals surface area (Å²) in [4.78, 5) is 16.5. The molecule has 0 spiro atoms. The molecule has 2 aromatic carbocycles. The van der Waals surface area contributed by atoms with Gasteiger partial charge in [-0.05, 0) is 41.8 Å². The molecule has 1 aromatic heterocycles. The molecule has 0 saturated carbocycles. The normalized spacial score (nSPS) is 10.6. The van der Waals surface area contributed by atoms with E-state index in [4.69, 9.17) is 0 Å². The first kappa shape index (κ1) is 17.6. The van der Waals surface area contributed by atoms with Crippen molar-refractivity contribution in [2.24, 2.45) is 0 Å². The number of anilines is 3. The zero-order valence-electron chi connectivity index (χ0n) is 14.7. The minimum atomic E-state index is -0.554. The van der Waals surface area contributed by atoms with Crippen LogP contribution in [0.15, 0.2) is 66.9 Å². The summed E-state index contributed by atoms with van der Waals surface area (Å²) in [6.07, 6.45) is 1.54. The lowest BCUT2D eigenvalue weighted by molar-refractivity contribution is 0.102. The molecule has 0 aliphatic rings. The zero-order valence-corrected chi connectivity index (χ0v) is 14.7. The van der Waals surface area contributed by atoms with Gasteiger partial charge in [0.2, 0.25) is 0 Å². The molecule has 5 heteroatoms. The molecule has 0 bridgehead atoms. The first-order chi connectivity index (χ1) is 12.5. The fourth-order valence-electron chi connectivity index (χ4n) is 2.64. The minimum Gasteiger partial charge on any atom is -0.340 e. The van der Waals surface area contributed by atoms with Crippen molar-refractivity contribution in [1.29, 1.82) is 0 Å². The molecule has 0 unspecified atom stereocenters. The summed E-state index contributed by atoms with van der Waals surface area (Å²) in [5.74, 6) is -0.00248. The Morgan fingerprint density at radius 2 is 1.73 bits per heavy atom. The van der Waals surface area contributed by atoms with E-state index in [1.807, 2.05) is 18.2 Å². The second kappa shape index (κ2) is 7.78. The summed E-state index contributed by atoms with van der Waals surface area (Å²) in [5.41, 5.74) is 2.70. The highest BCUT2D eigenvalue weighted by Gasteiger charge is 2.11. The van der Waals surface area contributed by atoms with E-state index in [0.29, 0.717) is 17.4 Å². The molecule has 0 atom stereocenters. The number of rotatable bonds is 5. The monoisotopic (exact) mass is 349 g/mol. The van der Waals surface area contributed by atoms with E-state index in [1.54, 1.807) is 30.5 Å². The number of carbonyl (C=O) groups is 1. The van der Waals surface area contributed by atoms with Gasteiger partial charge in [0.25, 0.3) is 5.91 Å². The van der Waals surface area contributed by atoms with Gasteiger partial charge in [0.1, 0.15) is 11.6 Å². The third-order valence-electron chi connectivity index (χ3n) is 3.99. The Bertz CT molecular complexity index is 907. The van der Waals surface area contributed by atoms with Crippen molar-refractivity contribution >= 4 is 23.1 Å². The summed E-state index contributed by atoms with van der Waals surface area (Å²) < 4.78 is 13.7. The summed E-state index contributed by atoms with van der Waals surface area (Å²) >= 11 is 0. The van der Waals surface area contributed by atoms with Crippen molar-refractivity contribution in [1.82, 2.24) is 4.98 Å². The predicted octanol–water partition coefficient (Wildman–Crippen LogP) is 5.34. The van der Waals surface area contributed by atoms with E-state index in [1.165, 1.54) is 17.7 Å². The van der Waals surface area contributed by atoms with Gasteiger partial charge in [0, 0.05) is 5.69 Å². The molecule has 0 saturated heterocycles. The number of nitrogens with one attached hydrogen (secondary N) is 2. The number of hydrogen-bond donors (Lipinski definition) is 2. The maximum absolute atomic E-state index is 13.7. The number of pyridine rings is 1. The fraction of sp³-hybridized carbons (Fsp3) is 0.143. The molecule has 0 aliphatic heterocycles. The van der Waals surface area contributed by atoms with Crippen LogP contribution < -0.4 is 10.6 Å². The lowest BCUT2D eigenvalue weighted by atomic mass is 10.0. The average Bonchev–Trinajstić information content (AvgIpc) is 2.64. The Kier molecular flexibility index (Phi) is 5.27. The molecule has 0 aliphatic carbocycles. The van der Waals surface area contributed by atoms with E-state index in [-0.39, 0.29) is 5.56 Å². The smallest absolute Gasteiger partial charge is 0.258 e.